The summed E-state index contributed by atoms with van der Waals surface area (Å²) in [6, 6.07) is 0. The van der Waals surface area contributed by atoms with Gasteiger partial charge in [-0.3, -0.25) is 9.13 Å². The van der Waals surface area contributed by atoms with Crippen molar-refractivity contribution in [1.82, 2.24) is 0 Å². The van der Waals surface area contributed by atoms with Crippen molar-refractivity contribution in [2.45, 2.75) is 0 Å². The van der Waals surface area contributed by atoms with Crippen molar-refractivity contribution in [1.29, 1.82) is 0 Å². The third-order valence-corrected chi connectivity index (χ3v) is 3.24. The zero-order valence-corrected chi connectivity index (χ0v) is 6.21. The summed E-state index contributed by atoms with van der Waals surface area (Å²) in [5, 5.41) is -0.896. The van der Waals surface area contributed by atoms with Gasteiger partial charge >= 0.3 is 7.60 Å². The Balaban J connectivity index is 4.43. The Morgan fingerprint density at radius 3 is 1.89 bits per heavy atom. The molecule has 0 rings (SSSR count). The van der Waals surface area contributed by atoms with Gasteiger partial charge in [-0.2, -0.15) is 0 Å². The van der Waals surface area contributed by atoms with E-state index in [2.05, 4.69) is 6.58 Å². The maximum atomic E-state index is 10.0. The highest BCUT2D eigenvalue weighted by Gasteiger charge is 2.22. The van der Waals surface area contributed by atoms with Gasteiger partial charge in [0.2, 0.25) is 8.03 Å². The minimum Gasteiger partial charge on any atom is -0.343 e. The molecule has 0 aliphatic heterocycles. The lowest BCUT2D eigenvalue weighted by Crippen LogP contribution is -1.76. The highest BCUT2D eigenvalue weighted by molar-refractivity contribution is 7.71. The van der Waals surface area contributed by atoms with Gasteiger partial charge in [0.1, 0.15) is 5.06 Å². The van der Waals surface area contributed by atoms with Crippen LogP contribution in [0.4, 0.5) is 0 Å². The van der Waals surface area contributed by atoms with Crippen molar-refractivity contribution < 1.29 is 23.8 Å². The van der Waals surface area contributed by atoms with Gasteiger partial charge in [0, 0.05) is 0 Å². The Morgan fingerprint density at radius 1 is 1.56 bits per heavy atom. The molecule has 0 aromatic heterocycles. The minimum atomic E-state index is -4.52. The standard InChI is InChI=1S/C2H6O5P2/c1-2(8(3)4)9(5,6)7/h8H,1H2,(H,3,4)(H2,5,6,7). The van der Waals surface area contributed by atoms with Gasteiger partial charge in [0.25, 0.3) is 0 Å². The van der Waals surface area contributed by atoms with Crippen molar-refractivity contribution in [2.75, 3.05) is 0 Å². The molecule has 0 aromatic carbocycles. The first-order chi connectivity index (χ1) is 3.85. The second kappa shape index (κ2) is 2.78. The summed E-state index contributed by atoms with van der Waals surface area (Å²) >= 11 is 0. The van der Waals surface area contributed by atoms with Gasteiger partial charge in [0.05, 0.1) is 0 Å². The van der Waals surface area contributed by atoms with Crippen LogP contribution in [-0.4, -0.2) is 14.7 Å². The van der Waals surface area contributed by atoms with Crippen LogP contribution in [0.1, 0.15) is 0 Å². The zero-order chi connectivity index (χ0) is 7.65. The molecule has 3 N–H and O–H groups in total. The van der Waals surface area contributed by atoms with Crippen LogP contribution in [-0.2, 0) is 9.13 Å². The summed E-state index contributed by atoms with van der Waals surface area (Å²) in [5.41, 5.74) is 0. The van der Waals surface area contributed by atoms with Gasteiger partial charge in [-0.15, -0.1) is 0 Å². The number of hydrogen-bond acceptors (Lipinski definition) is 2. The Labute approximate surface area is 52.1 Å². The monoisotopic (exact) mass is 172 g/mol. The van der Waals surface area contributed by atoms with Crippen LogP contribution < -0.4 is 0 Å². The largest absolute Gasteiger partial charge is 0.361 e. The molecule has 54 valence electrons. The molecule has 0 saturated carbocycles. The lowest BCUT2D eigenvalue weighted by atomic mass is 11.3. The average Bonchev–Trinajstić information content (AvgIpc) is 1.62. The van der Waals surface area contributed by atoms with Gasteiger partial charge < -0.3 is 14.7 Å². The SMILES string of the molecule is C=C([PH](=O)O)P(=O)(O)O. The topological polar surface area (TPSA) is 94.8 Å². The Kier molecular flexibility index (Phi) is 2.80. The first-order valence-electron chi connectivity index (χ1n) is 1.84. The second-order valence-corrected chi connectivity index (χ2v) is 4.56. The molecule has 9 heavy (non-hydrogen) atoms. The predicted molar refractivity (Wildman–Crippen MR) is 32.4 cm³/mol. The number of hydrogen-bond donors (Lipinski definition) is 3. The fraction of sp³-hybridized carbons (Fsp3) is 0. The molecule has 5 nitrogen and oxygen atoms in total. The molecule has 0 aromatic rings. The molecule has 0 heterocycles. The minimum absolute atomic E-state index is 0.896. The Morgan fingerprint density at radius 2 is 1.89 bits per heavy atom. The average molecular weight is 172 g/mol. The van der Waals surface area contributed by atoms with Crippen LogP contribution in [0.2, 0.25) is 0 Å². The summed E-state index contributed by atoms with van der Waals surface area (Å²) < 4.78 is 20.0. The van der Waals surface area contributed by atoms with Gasteiger partial charge in [-0.1, -0.05) is 6.58 Å². The van der Waals surface area contributed by atoms with E-state index in [0.29, 0.717) is 0 Å². The Bertz CT molecular complexity index is 189. The quantitative estimate of drug-likeness (QED) is 0.513. The van der Waals surface area contributed by atoms with E-state index in [1.807, 2.05) is 0 Å². The molecule has 0 spiro atoms. The number of rotatable bonds is 2. The highest BCUT2D eigenvalue weighted by Crippen LogP contribution is 2.54. The van der Waals surface area contributed by atoms with Crippen LogP contribution >= 0.6 is 15.6 Å². The van der Waals surface area contributed by atoms with E-state index in [-0.39, 0.29) is 0 Å². The molecule has 0 aliphatic carbocycles. The van der Waals surface area contributed by atoms with Crippen molar-refractivity contribution in [3.63, 3.8) is 0 Å². The van der Waals surface area contributed by atoms with Crippen LogP contribution in [0.25, 0.3) is 0 Å². The molecule has 0 radical (unpaired) electrons. The van der Waals surface area contributed by atoms with E-state index >= 15 is 0 Å². The van der Waals surface area contributed by atoms with Crippen molar-refractivity contribution >= 4 is 15.6 Å². The molecule has 7 heteroatoms. The maximum Gasteiger partial charge on any atom is 0.361 e. The third-order valence-electron chi connectivity index (χ3n) is 0.598. The summed E-state index contributed by atoms with van der Waals surface area (Å²) in [7, 11) is -7.80. The third kappa shape index (κ3) is 2.94. The van der Waals surface area contributed by atoms with Crippen molar-refractivity contribution in [3.8, 4) is 0 Å². The summed E-state index contributed by atoms with van der Waals surface area (Å²) in [5.74, 6) is 0. The molecular formula is C2H6O5P2. The fourth-order valence-electron chi connectivity index (χ4n) is 0.125. The summed E-state index contributed by atoms with van der Waals surface area (Å²) in [4.78, 5) is 24.4. The molecule has 0 saturated heterocycles. The van der Waals surface area contributed by atoms with Gasteiger partial charge in [-0.05, 0) is 0 Å². The lowest BCUT2D eigenvalue weighted by molar-refractivity contribution is 0.383. The summed E-state index contributed by atoms with van der Waals surface area (Å²) in [6.45, 7) is 2.75. The van der Waals surface area contributed by atoms with E-state index in [9.17, 15) is 9.13 Å². The van der Waals surface area contributed by atoms with Crippen LogP contribution in [0, 0.1) is 0 Å². The first-order valence-corrected chi connectivity index (χ1v) is 4.81. The van der Waals surface area contributed by atoms with Crippen LogP contribution in [0.15, 0.2) is 11.6 Å². The summed E-state index contributed by atoms with van der Waals surface area (Å²) in [6.07, 6.45) is 0. The zero-order valence-electron chi connectivity index (χ0n) is 4.31. The molecule has 0 amide bonds. The maximum absolute atomic E-state index is 10.0. The fourth-order valence-corrected chi connectivity index (χ4v) is 1.12. The highest BCUT2D eigenvalue weighted by atomic mass is 31.2. The predicted octanol–water partition coefficient (Wildman–Crippen LogP) is 0.102. The lowest BCUT2D eigenvalue weighted by Gasteiger charge is -2.01. The van der Waals surface area contributed by atoms with E-state index in [4.69, 9.17) is 14.7 Å². The van der Waals surface area contributed by atoms with Gasteiger partial charge in [0.15, 0.2) is 0 Å². The smallest absolute Gasteiger partial charge is 0.343 e. The molecule has 1 unspecified atom stereocenters. The second-order valence-electron chi connectivity index (χ2n) is 1.30. The van der Waals surface area contributed by atoms with E-state index in [0.717, 1.165) is 0 Å². The van der Waals surface area contributed by atoms with E-state index in [1.54, 1.807) is 0 Å². The van der Waals surface area contributed by atoms with Crippen LogP contribution in [0.3, 0.4) is 0 Å². The molecular weight excluding hydrogens is 166 g/mol. The first kappa shape index (κ1) is 9.08. The van der Waals surface area contributed by atoms with Crippen LogP contribution in [0.5, 0.6) is 0 Å². The van der Waals surface area contributed by atoms with E-state index in [1.165, 1.54) is 0 Å². The van der Waals surface area contributed by atoms with Crippen molar-refractivity contribution in [2.24, 2.45) is 0 Å². The van der Waals surface area contributed by atoms with Crippen molar-refractivity contribution in [3.05, 3.63) is 11.6 Å². The Hall–Kier alpha value is 0.0800. The normalized spacial score (nSPS) is 15.0. The molecule has 0 bridgehead atoms. The molecule has 1 atom stereocenters. The van der Waals surface area contributed by atoms with E-state index < -0.39 is 20.7 Å². The molecule has 0 fully saturated rings. The van der Waals surface area contributed by atoms with Gasteiger partial charge in [-0.25, -0.2) is 0 Å². The molecule has 0 aliphatic rings.